The Balaban J connectivity index is 2.31. The van der Waals surface area contributed by atoms with Crippen molar-refractivity contribution >= 4 is 40.4 Å². The predicted molar refractivity (Wildman–Crippen MR) is 82.1 cm³/mol. The van der Waals surface area contributed by atoms with Crippen molar-refractivity contribution in [2.75, 3.05) is 17.3 Å². The van der Waals surface area contributed by atoms with E-state index < -0.39 is 0 Å². The Kier molecular flexibility index (Phi) is 3.55. The summed E-state index contributed by atoms with van der Waals surface area (Å²) in [6.45, 7) is 1.91. The molecule has 2 aromatic carbocycles. The zero-order valence-electron chi connectivity index (χ0n) is 11.5. The molecule has 2 aromatic rings. The minimum absolute atomic E-state index is 0.0862. The van der Waals surface area contributed by atoms with Gasteiger partial charge in [0.25, 0.3) is 0 Å². The van der Waals surface area contributed by atoms with Gasteiger partial charge in [-0.1, -0.05) is 24.3 Å². The average Bonchev–Trinajstić information content (AvgIpc) is 2.85. The molecule has 0 saturated heterocycles. The summed E-state index contributed by atoms with van der Waals surface area (Å²) in [4.78, 5) is 24.2. The van der Waals surface area contributed by atoms with Crippen LogP contribution >= 0.6 is 11.6 Å². The number of alkyl halides is 1. The number of anilines is 1. The summed E-state index contributed by atoms with van der Waals surface area (Å²) in [5.41, 5.74) is 1.81. The molecule has 3 rings (SSSR count). The van der Waals surface area contributed by atoms with Gasteiger partial charge in [0.15, 0.2) is 0 Å². The van der Waals surface area contributed by atoms with Crippen molar-refractivity contribution in [1.82, 2.24) is 0 Å². The fraction of sp³-hybridized carbons (Fsp3) is 0.250. The van der Waals surface area contributed by atoms with Crippen LogP contribution in [0.2, 0.25) is 0 Å². The van der Waals surface area contributed by atoms with Crippen LogP contribution in [0.25, 0.3) is 10.8 Å². The average molecular weight is 304 g/mol. The fourth-order valence-electron chi connectivity index (χ4n) is 2.91. The zero-order valence-corrected chi connectivity index (χ0v) is 12.3. The summed E-state index contributed by atoms with van der Waals surface area (Å²) in [6.07, 6.45) is 0.789. The van der Waals surface area contributed by atoms with E-state index in [0.29, 0.717) is 18.2 Å². The Morgan fingerprint density at radius 2 is 2.14 bits per heavy atom. The second-order valence-corrected chi connectivity index (χ2v) is 5.36. The number of esters is 1. The second kappa shape index (κ2) is 5.37. The van der Waals surface area contributed by atoms with E-state index in [9.17, 15) is 9.59 Å². The van der Waals surface area contributed by atoms with Crippen molar-refractivity contribution in [3.05, 3.63) is 35.9 Å². The molecule has 1 aliphatic heterocycles. The van der Waals surface area contributed by atoms with Crippen LogP contribution in [0.3, 0.4) is 0 Å². The van der Waals surface area contributed by atoms with Gasteiger partial charge in [0.05, 0.1) is 5.69 Å². The van der Waals surface area contributed by atoms with Gasteiger partial charge in [-0.25, -0.2) is 0 Å². The number of benzene rings is 2. The molecular weight excluding hydrogens is 290 g/mol. The topological polar surface area (TPSA) is 46.6 Å². The predicted octanol–water partition coefficient (Wildman–Crippen LogP) is 3.06. The van der Waals surface area contributed by atoms with Crippen molar-refractivity contribution in [3.63, 3.8) is 0 Å². The summed E-state index contributed by atoms with van der Waals surface area (Å²) >= 11 is 6.05. The third-order valence-corrected chi connectivity index (χ3v) is 4.10. The lowest BCUT2D eigenvalue weighted by atomic mass is 9.95. The zero-order chi connectivity index (χ0) is 15.0. The highest BCUT2D eigenvalue weighted by Crippen LogP contribution is 2.44. The number of carbonyl (C=O) groups excluding carboxylic acids is 2. The highest BCUT2D eigenvalue weighted by molar-refractivity contribution is 6.19. The van der Waals surface area contributed by atoms with Gasteiger partial charge in [-0.05, 0) is 10.9 Å². The molecule has 0 saturated carbocycles. The van der Waals surface area contributed by atoms with Crippen molar-refractivity contribution in [1.29, 1.82) is 0 Å². The summed E-state index contributed by atoms with van der Waals surface area (Å²) < 4.78 is 5.30. The summed E-state index contributed by atoms with van der Waals surface area (Å²) in [5.74, 6) is 0.612. The third-order valence-electron chi connectivity index (χ3n) is 3.73. The first-order valence-electron chi connectivity index (χ1n) is 6.67. The molecule has 1 atom stereocenters. The molecule has 1 aliphatic rings. The van der Waals surface area contributed by atoms with Gasteiger partial charge < -0.3 is 9.64 Å². The van der Waals surface area contributed by atoms with Crippen LogP contribution in [0, 0.1) is 0 Å². The largest absolute Gasteiger partial charge is 0.426 e. The van der Waals surface area contributed by atoms with Crippen molar-refractivity contribution in [3.8, 4) is 5.75 Å². The molecule has 1 unspecified atom stereocenters. The number of nitrogens with zero attached hydrogens (tertiary/aromatic N) is 1. The van der Waals surface area contributed by atoms with Crippen LogP contribution in [0.5, 0.6) is 5.75 Å². The van der Waals surface area contributed by atoms with Crippen LogP contribution in [0.4, 0.5) is 5.69 Å². The highest BCUT2D eigenvalue weighted by atomic mass is 35.5. The summed E-state index contributed by atoms with van der Waals surface area (Å²) in [5, 5.41) is 1.83. The first-order valence-corrected chi connectivity index (χ1v) is 7.21. The molecule has 0 fully saturated rings. The van der Waals surface area contributed by atoms with E-state index in [1.54, 1.807) is 11.0 Å². The molecular formula is C16H14ClNO3. The number of hydrogen-bond acceptors (Lipinski definition) is 3. The molecule has 0 bridgehead atoms. The SMILES string of the molecule is CC(=O)Oc1cc2c(c3ccccc13)C(CCl)CN2C=O. The standard InChI is InChI=1S/C16H14ClNO3/c1-10(20)21-15-6-14-16(11(7-17)8-18(14)9-19)13-5-3-2-4-12(13)15/h2-6,9,11H,7-8H2,1H3. The molecule has 4 nitrogen and oxygen atoms in total. The molecule has 1 amide bonds. The van der Waals surface area contributed by atoms with E-state index in [2.05, 4.69) is 0 Å². The van der Waals surface area contributed by atoms with E-state index in [-0.39, 0.29) is 11.9 Å². The number of amides is 1. The maximum absolute atomic E-state index is 11.3. The smallest absolute Gasteiger partial charge is 0.308 e. The van der Waals surface area contributed by atoms with Crippen LogP contribution < -0.4 is 9.64 Å². The van der Waals surface area contributed by atoms with Gasteiger partial charge in [0, 0.05) is 36.7 Å². The third kappa shape index (κ3) is 2.25. The van der Waals surface area contributed by atoms with Crippen molar-refractivity contribution in [2.24, 2.45) is 0 Å². The lowest BCUT2D eigenvalue weighted by molar-refractivity contribution is -0.131. The Morgan fingerprint density at radius 1 is 1.43 bits per heavy atom. The lowest BCUT2D eigenvalue weighted by Crippen LogP contribution is -2.19. The molecule has 0 aliphatic carbocycles. The Bertz CT molecular complexity index is 729. The molecule has 1 heterocycles. The maximum Gasteiger partial charge on any atom is 0.308 e. The summed E-state index contributed by atoms with van der Waals surface area (Å²) in [7, 11) is 0. The van der Waals surface area contributed by atoms with Crippen molar-refractivity contribution in [2.45, 2.75) is 12.8 Å². The minimum atomic E-state index is -0.385. The normalized spacial score (nSPS) is 16.9. The second-order valence-electron chi connectivity index (χ2n) is 5.06. The number of rotatable bonds is 3. The van der Waals surface area contributed by atoms with E-state index in [1.165, 1.54) is 6.92 Å². The van der Waals surface area contributed by atoms with E-state index >= 15 is 0 Å². The van der Waals surface area contributed by atoms with Crippen LogP contribution in [0.1, 0.15) is 18.4 Å². The molecule has 0 radical (unpaired) electrons. The first kappa shape index (κ1) is 13.9. The van der Waals surface area contributed by atoms with E-state index in [0.717, 1.165) is 28.4 Å². The van der Waals surface area contributed by atoms with Gasteiger partial charge in [-0.3, -0.25) is 9.59 Å². The summed E-state index contributed by atoms with van der Waals surface area (Å²) in [6, 6.07) is 9.44. The van der Waals surface area contributed by atoms with E-state index in [1.807, 2.05) is 24.3 Å². The maximum atomic E-state index is 11.3. The van der Waals surface area contributed by atoms with Gasteiger partial charge in [-0.15, -0.1) is 11.6 Å². The number of halogens is 1. The minimum Gasteiger partial charge on any atom is -0.426 e. The first-order chi connectivity index (χ1) is 10.2. The molecule has 0 spiro atoms. The van der Waals surface area contributed by atoms with Gasteiger partial charge in [-0.2, -0.15) is 0 Å². The highest BCUT2D eigenvalue weighted by Gasteiger charge is 2.31. The van der Waals surface area contributed by atoms with Crippen molar-refractivity contribution < 1.29 is 14.3 Å². The number of ether oxygens (including phenoxy) is 1. The Labute approximate surface area is 127 Å². The van der Waals surface area contributed by atoms with Gasteiger partial charge in [0.1, 0.15) is 5.75 Å². The number of hydrogen-bond donors (Lipinski definition) is 0. The number of fused-ring (bicyclic) bond motifs is 3. The van der Waals surface area contributed by atoms with Crippen LogP contribution in [-0.2, 0) is 9.59 Å². The van der Waals surface area contributed by atoms with Crippen LogP contribution in [0.15, 0.2) is 30.3 Å². The molecule has 108 valence electrons. The van der Waals surface area contributed by atoms with E-state index in [4.69, 9.17) is 16.3 Å². The Hall–Kier alpha value is -2.07. The molecule has 5 heteroatoms. The molecule has 0 N–H and O–H groups in total. The monoisotopic (exact) mass is 303 g/mol. The molecule has 21 heavy (non-hydrogen) atoms. The van der Waals surface area contributed by atoms with Crippen LogP contribution in [-0.4, -0.2) is 24.8 Å². The fourth-order valence-corrected chi connectivity index (χ4v) is 3.16. The Morgan fingerprint density at radius 3 is 2.76 bits per heavy atom. The molecule has 0 aromatic heterocycles. The van der Waals surface area contributed by atoms with Gasteiger partial charge in [0.2, 0.25) is 6.41 Å². The lowest BCUT2D eigenvalue weighted by Gasteiger charge is -2.14. The quantitative estimate of drug-likeness (QED) is 0.379. The number of carbonyl (C=O) groups is 2. The van der Waals surface area contributed by atoms with Gasteiger partial charge >= 0.3 is 5.97 Å².